The molecule has 1 fully saturated rings. The van der Waals surface area contributed by atoms with E-state index >= 15 is 0 Å². The molecule has 21 heavy (non-hydrogen) atoms. The zero-order valence-corrected chi connectivity index (χ0v) is 12.9. The van der Waals surface area contributed by atoms with Gasteiger partial charge in [0.15, 0.2) is 0 Å². The number of nitrogens with zero attached hydrogens (tertiary/aromatic N) is 2. The first-order valence-electron chi connectivity index (χ1n) is 7.70. The number of carbonyl (C=O) groups is 1. The van der Waals surface area contributed by atoms with Gasteiger partial charge in [0.05, 0.1) is 0 Å². The quantitative estimate of drug-likeness (QED) is 0.820. The highest BCUT2D eigenvalue weighted by atomic mass is 16.2. The number of hydrogen-bond acceptors (Lipinski definition) is 3. The molecule has 1 aromatic rings. The van der Waals surface area contributed by atoms with E-state index in [-0.39, 0.29) is 5.56 Å². The van der Waals surface area contributed by atoms with Gasteiger partial charge in [-0.3, -0.25) is 9.59 Å². The van der Waals surface area contributed by atoms with Crippen molar-refractivity contribution in [2.24, 2.45) is 11.7 Å². The summed E-state index contributed by atoms with van der Waals surface area (Å²) in [7, 11) is 0. The van der Waals surface area contributed by atoms with E-state index in [0.717, 1.165) is 31.6 Å². The summed E-state index contributed by atoms with van der Waals surface area (Å²) in [5.74, 6) is -0.134. The standard InChI is InChI=1S/C16H25N3O2/c1-12(2)10-14(16(17)21)19-11-13(4-5-15(19)20)6-9-18-7-3-8-18/h4-5,11-12,14H,3,6-10H2,1-2H3,(H2,17,21). The summed E-state index contributed by atoms with van der Waals surface area (Å²) in [6.07, 6.45) is 4.57. The maximum absolute atomic E-state index is 12.0. The van der Waals surface area contributed by atoms with Crippen molar-refractivity contribution < 1.29 is 4.79 Å². The maximum Gasteiger partial charge on any atom is 0.251 e. The molecule has 1 aliphatic rings. The van der Waals surface area contributed by atoms with Crippen LogP contribution in [-0.2, 0) is 11.2 Å². The molecule has 2 rings (SSSR count). The number of nitrogens with two attached hydrogens (primary N) is 1. The minimum absolute atomic E-state index is 0.160. The van der Waals surface area contributed by atoms with Crippen LogP contribution in [0.3, 0.4) is 0 Å². The van der Waals surface area contributed by atoms with E-state index in [1.165, 1.54) is 11.0 Å². The van der Waals surface area contributed by atoms with E-state index in [1.807, 2.05) is 19.9 Å². The summed E-state index contributed by atoms with van der Waals surface area (Å²) >= 11 is 0. The Morgan fingerprint density at radius 1 is 1.33 bits per heavy atom. The van der Waals surface area contributed by atoms with Gasteiger partial charge in [0.25, 0.3) is 5.56 Å². The van der Waals surface area contributed by atoms with Crippen molar-refractivity contribution in [1.29, 1.82) is 0 Å². The topological polar surface area (TPSA) is 68.3 Å². The largest absolute Gasteiger partial charge is 0.368 e. The number of aromatic nitrogens is 1. The van der Waals surface area contributed by atoms with E-state index in [4.69, 9.17) is 5.73 Å². The van der Waals surface area contributed by atoms with Crippen LogP contribution in [0.1, 0.15) is 38.3 Å². The molecule has 0 spiro atoms. The van der Waals surface area contributed by atoms with Crippen molar-refractivity contribution in [3.05, 3.63) is 34.2 Å². The molecule has 1 aromatic heterocycles. The molecule has 5 heteroatoms. The van der Waals surface area contributed by atoms with Crippen LogP contribution in [0, 0.1) is 5.92 Å². The van der Waals surface area contributed by atoms with Gasteiger partial charge >= 0.3 is 0 Å². The smallest absolute Gasteiger partial charge is 0.251 e. The molecule has 1 unspecified atom stereocenters. The van der Waals surface area contributed by atoms with Crippen LogP contribution >= 0.6 is 0 Å². The number of carbonyl (C=O) groups excluding carboxylic acids is 1. The molecule has 5 nitrogen and oxygen atoms in total. The van der Waals surface area contributed by atoms with E-state index in [9.17, 15) is 9.59 Å². The SMILES string of the molecule is CC(C)CC(C(N)=O)n1cc(CCN2CCC2)ccc1=O. The summed E-state index contributed by atoms with van der Waals surface area (Å²) in [5, 5.41) is 0. The van der Waals surface area contributed by atoms with Crippen LogP contribution in [0.15, 0.2) is 23.1 Å². The molecular formula is C16H25N3O2. The van der Waals surface area contributed by atoms with E-state index in [0.29, 0.717) is 12.3 Å². The number of rotatable bonds is 7. The second kappa shape index (κ2) is 6.89. The van der Waals surface area contributed by atoms with Crippen LogP contribution in [0.25, 0.3) is 0 Å². The fourth-order valence-electron chi connectivity index (χ4n) is 2.65. The van der Waals surface area contributed by atoms with Gasteiger partial charge in [-0.1, -0.05) is 19.9 Å². The number of hydrogen-bond donors (Lipinski definition) is 1. The summed E-state index contributed by atoms with van der Waals surface area (Å²) < 4.78 is 1.51. The minimum Gasteiger partial charge on any atom is -0.368 e. The fraction of sp³-hybridized carbons (Fsp3) is 0.625. The Kier molecular flexibility index (Phi) is 5.17. The fourth-order valence-corrected chi connectivity index (χ4v) is 2.65. The second-order valence-corrected chi connectivity index (χ2v) is 6.28. The Morgan fingerprint density at radius 3 is 2.57 bits per heavy atom. The monoisotopic (exact) mass is 291 g/mol. The number of pyridine rings is 1. The number of primary amides is 1. The minimum atomic E-state index is -0.554. The average Bonchev–Trinajstić information content (AvgIpc) is 2.36. The van der Waals surface area contributed by atoms with Gasteiger partial charge in [-0.15, -0.1) is 0 Å². The number of likely N-dealkylation sites (tertiary alicyclic amines) is 1. The molecule has 0 saturated carbocycles. The molecule has 1 aliphatic heterocycles. The van der Waals surface area contributed by atoms with Crippen molar-refractivity contribution >= 4 is 5.91 Å². The van der Waals surface area contributed by atoms with E-state index < -0.39 is 11.9 Å². The van der Waals surface area contributed by atoms with Crippen molar-refractivity contribution in [3.8, 4) is 0 Å². The zero-order chi connectivity index (χ0) is 15.4. The molecule has 2 N–H and O–H groups in total. The maximum atomic E-state index is 12.0. The molecular weight excluding hydrogens is 266 g/mol. The van der Waals surface area contributed by atoms with Crippen LogP contribution in [0.4, 0.5) is 0 Å². The second-order valence-electron chi connectivity index (χ2n) is 6.28. The van der Waals surface area contributed by atoms with E-state index in [2.05, 4.69) is 4.90 Å². The van der Waals surface area contributed by atoms with Crippen molar-refractivity contribution in [2.75, 3.05) is 19.6 Å². The average molecular weight is 291 g/mol. The molecule has 116 valence electrons. The lowest BCUT2D eigenvalue weighted by atomic mass is 10.0. The van der Waals surface area contributed by atoms with Gasteiger partial charge < -0.3 is 15.2 Å². The van der Waals surface area contributed by atoms with Crippen LogP contribution in [-0.4, -0.2) is 35.0 Å². The van der Waals surface area contributed by atoms with E-state index in [1.54, 1.807) is 12.3 Å². The molecule has 0 aromatic carbocycles. The first-order valence-corrected chi connectivity index (χ1v) is 7.70. The Labute approximate surface area is 125 Å². The Morgan fingerprint density at radius 2 is 2.05 bits per heavy atom. The van der Waals surface area contributed by atoms with Gasteiger partial charge in [-0.05, 0) is 43.8 Å². The van der Waals surface area contributed by atoms with Gasteiger partial charge in [0.2, 0.25) is 5.91 Å². The third-order valence-electron chi connectivity index (χ3n) is 4.02. The van der Waals surface area contributed by atoms with Gasteiger partial charge in [-0.2, -0.15) is 0 Å². The van der Waals surface area contributed by atoms with Gasteiger partial charge in [-0.25, -0.2) is 0 Å². The summed E-state index contributed by atoms with van der Waals surface area (Å²) in [5.41, 5.74) is 6.40. The van der Waals surface area contributed by atoms with Crippen LogP contribution in [0.2, 0.25) is 0 Å². The Bertz CT molecular complexity index is 547. The predicted molar refractivity (Wildman–Crippen MR) is 83.1 cm³/mol. The molecule has 0 bridgehead atoms. The lowest BCUT2D eigenvalue weighted by Crippen LogP contribution is -2.38. The predicted octanol–water partition coefficient (Wildman–Crippen LogP) is 1.17. The highest BCUT2D eigenvalue weighted by Gasteiger charge is 2.20. The van der Waals surface area contributed by atoms with Crippen molar-refractivity contribution in [2.45, 2.75) is 39.2 Å². The zero-order valence-electron chi connectivity index (χ0n) is 12.9. The summed E-state index contributed by atoms with van der Waals surface area (Å²) in [6.45, 7) is 7.38. The first kappa shape index (κ1) is 15.8. The lowest BCUT2D eigenvalue weighted by molar-refractivity contribution is -0.121. The molecule has 0 radical (unpaired) electrons. The van der Waals surface area contributed by atoms with Gasteiger partial charge in [0, 0.05) is 18.8 Å². The van der Waals surface area contributed by atoms with Crippen LogP contribution in [0.5, 0.6) is 0 Å². The first-order chi connectivity index (χ1) is 9.97. The van der Waals surface area contributed by atoms with Crippen molar-refractivity contribution in [1.82, 2.24) is 9.47 Å². The lowest BCUT2D eigenvalue weighted by Gasteiger charge is -2.30. The summed E-state index contributed by atoms with van der Waals surface area (Å²) in [6, 6.07) is 2.84. The Balaban J connectivity index is 2.15. The van der Waals surface area contributed by atoms with Crippen molar-refractivity contribution in [3.63, 3.8) is 0 Å². The Hall–Kier alpha value is -1.62. The third kappa shape index (κ3) is 4.17. The molecule has 1 saturated heterocycles. The molecule has 2 heterocycles. The summed E-state index contributed by atoms with van der Waals surface area (Å²) in [4.78, 5) is 26.1. The molecule has 0 aliphatic carbocycles. The molecule has 1 atom stereocenters. The highest BCUT2D eigenvalue weighted by Crippen LogP contribution is 2.16. The molecule has 1 amide bonds. The van der Waals surface area contributed by atoms with Crippen LogP contribution < -0.4 is 11.3 Å². The number of amides is 1. The third-order valence-corrected chi connectivity index (χ3v) is 4.02. The van der Waals surface area contributed by atoms with Gasteiger partial charge in [0.1, 0.15) is 6.04 Å². The highest BCUT2D eigenvalue weighted by molar-refractivity contribution is 5.78. The normalized spacial score (nSPS) is 16.7.